The summed E-state index contributed by atoms with van der Waals surface area (Å²) in [4.78, 5) is 27.3. The SMILES string of the molecule is N=C(N)c1cccc(-n2ncc3c(=O)n(-c4ccc(Cl)cc4)c(-c4ccc(-c5cnccn5)cc4)nc32)c1. The van der Waals surface area contributed by atoms with Crippen LogP contribution < -0.4 is 11.3 Å². The number of nitrogen functional groups attached to an aromatic ring is 1. The Hall–Kier alpha value is -5.15. The standard InChI is InChI=1S/C28H19ClN8O/c29-20-8-10-21(11-9-20)36-26(18-6-4-17(5-7-18)24-16-32-12-13-33-24)35-27-23(28(36)38)15-34-37(27)22-3-1-2-19(14-22)25(30)31/h1-16H,(H3,30,31). The van der Waals surface area contributed by atoms with Crippen LogP contribution in [0, 0.1) is 5.41 Å². The molecular formula is C28H19ClN8O. The van der Waals surface area contributed by atoms with Gasteiger partial charge in [0, 0.05) is 34.1 Å². The number of fused-ring (bicyclic) bond motifs is 1. The summed E-state index contributed by atoms with van der Waals surface area (Å²) in [5.41, 5.74) is 9.93. The monoisotopic (exact) mass is 518 g/mol. The normalized spacial score (nSPS) is 11.1. The predicted octanol–water partition coefficient (Wildman–Crippen LogP) is 4.63. The third-order valence-corrected chi connectivity index (χ3v) is 6.34. The zero-order valence-electron chi connectivity index (χ0n) is 19.8. The Morgan fingerprint density at radius 1 is 0.895 bits per heavy atom. The number of hydrogen-bond acceptors (Lipinski definition) is 6. The predicted molar refractivity (Wildman–Crippen MR) is 147 cm³/mol. The summed E-state index contributed by atoms with van der Waals surface area (Å²) in [5, 5.41) is 13.1. The molecule has 0 amide bonds. The number of amidine groups is 1. The van der Waals surface area contributed by atoms with Crippen molar-refractivity contribution >= 4 is 28.5 Å². The maximum atomic E-state index is 13.9. The highest BCUT2D eigenvalue weighted by Crippen LogP contribution is 2.26. The quantitative estimate of drug-likeness (QED) is 0.253. The van der Waals surface area contributed by atoms with Crippen molar-refractivity contribution in [1.82, 2.24) is 29.3 Å². The van der Waals surface area contributed by atoms with Crippen molar-refractivity contribution in [1.29, 1.82) is 5.41 Å². The average molecular weight is 519 g/mol. The fourth-order valence-corrected chi connectivity index (χ4v) is 4.35. The molecule has 3 N–H and O–H groups in total. The Bertz CT molecular complexity index is 1860. The van der Waals surface area contributed by atoms with Crippen LogP contribution in [0.3, 0.4) is 0 Å². The summed E-state index contributed by atoms with van der Waals surface area (Å²) >= 11 is 6.12. The van der Waals surface area contributed by atoms with Crippen LogP contribution in [0.5, 0.6) is 0 Å². The van der Waals surface area contributed by atoms with E-state index in [9.17, 15) is 4.79 Å². The van der Waals surface area contributed by atoms with Crippen LogP contribution >= 0.6 is 11.6 Å². The number of rotatable bonds is 5. The molecule has 0 aliphatic rings. The van der Waals surface area contributed by atoms with Crippen molar-refractivity contribution in [2.24, 2.45) is 5.73 Å². The lowest BCUT2D eigenvalue weighted by atomic mass is 10.1. The van der Waals surface area contributed by atoms with Crippen molar-refractivity contribution < 1.29 is 0 Å². The highest BCUT2D eigenvalue weighted by Gasteiger charge is 2.19. The lowest BCUT2D eigenvalue weighted by molar-refractivity contribution is 0.888. The molecule has 3 aromatic carbocycles. The highest BCUT2D eigenvalue weighted by atomic mass is 35.5. The van der Waals surface area contributed by atoms with E-state index in [4.69, 9.17) is 27.7 Å². The second-order valence-corrected chi connectivity index (χ2v) is 8.91. The lowest BCUT2D eigenvalue weighted by Crippen LogP contribution is -2.22. The first kappa shape index (κ1) is 23.3. The van der Waals surface area contributed by atoms with Crippen molar-refractivity contribution in [3.8, 4) is 34.0 Å². The summed E-state index contributed by atoms with van der Waals surface area (Å²) in [6, 6.07) is 21.7. The molecule has 0 saturated carbocycles. The summed E-state index contributed by atoms with van der Waals surface area (Å²) < 4.78 is 3.13. The maximum Gasteiger partial charge on any atom is 0.269 e. The average Bonchev–Trinajstić information content (AvgIpc) is 3.39. The lowest BCUT2D eigenvalue weighted by Gasteiger charge is -2.14. The van der Waals surface area contributed by atoms with E-state index in [0.29, 0.717) is 38.8 Å². The molecule has 9 nitrogen and oxygen atoms in total. The van der Waals surface area contributed by atoms with Crippen molar-refractivity contribution in [2.75, 3.05) is 0 Å². The van der Waals surface area contributed by atoms with E-state index in [0.717, 1.165) is 16.8 Å². The fraction of sp³-hybridized carbons (Fsp3) is 0. The van der Waals surface area contributed by atoms with E-state index >= 15 is 0 Å². The van der Waals surface area contributed by atoms with Crippen molar-refractivity contribution in [2.45, 2.75) is 0 Å². The number of nitrogens with zero attached hydrogens (tertiary/aromatic N) is 6. The van der Waals surface area contributed by atoms with Gasteiger partial charge < -0.3 is 5.73 Å². The Morgan fingerprint density at radius 2 is 1.66 bits per heavy atom. The molecule has 0 aliphatic heterocycles. The summed E-state index contributed by atoms with van der Waals surface area (Å²) in [6.07, 6.45) is 6.45. The van der Waals surface area contributed by atoms with Crippen LogP contribution in [0.2, 0.25) is 5.02 Å². The molecule has 0 saturated heterocycles. The molecule has 6 rings (SSSR count). The Morgan fingerprint density at radius 3 is 2.37 bits per heavy atom. The molecule has 0 spiro atoms. The molecule has 38 heavy (non-hydrogen) atoms. The summed E-state index contributed by atoms with van der Waals surface area (Å²) in [6.45, 7) is 0. The van der Waals surface area contributed by atoms with E-state index in [1.807, 2.05) is 30.3 Å². The first-order chi connectivity index (χ1) is 18.5. The summed E-state index contributed by atoms with van der Waals surface area (Å²) in [7, 11) is 0. The fourth-order valence-electron chi connectivity index (χ4n) is 4.22. The third kappa shape index (κ3) is 4.10. The molecule has 0 fully saturated rings. The molecule has 0 atom stereocenters. The minimum absolute atomic E-state index is 0.0646. The maximum absolute atomic E-state index is 13.9. The smallest absolute Gasteiger partial charge is 0.269 e. The molecule has 0 unspecified atom stereocenters. The Kier molecular flexibility index (Phi) is 5.74. The van der Waals surface area contributed by atoms with E-state index in [1.165, 1.54) is 6.20 Å². The Balaban J connectivity index is 1.58. The van der Waals surface area contributed by atoms with Crippen LogP contribution in [0.4, 0.5) is 0 Å². The van der Waals surface area contributed by atoms with Gasteiger partial charge in [0.05, 0.1) is 29.5 Å². The van der Waals surface area contributed by atoms with Gasteiger partial charge in [-0.3, -0.25) is 24.7 Å². The number of hydrogen-bond donors (Lipinski definition) is 2. The molecule has 6 aromatic rings. The van der Waals surface area contributed by atoms with Gasteiger partial charge in [0.15, 0.2) is 5.65 Å². The molecule has 0 aliphatic carbocycles. The van der Waals surface area contributed by atoms with Crippen LogP contribution in [0.1, 0.15) is 5.56 Å². The van der Waals surface area contributed by atoms with E-state index in [2.05, 4.69) is 15.1 Å². The molecule has 0 radical (unpaired) electrons. The van der Waals surface area contributed by atoms with Crippen LogP contribution in [-0.4, -0.2) is 35.1 Å². The second-order valence-electron chi connectivity index (χ2n) is 8.48. The molecular weight excluding hydrogens is 500 g/mol. The van der Waals surface area contributed by atoms with Gasteiger partial charge in [0.2, 0.25) is 0 Å². The highest BCUT2D eigenvalue weighted by molar-refractivity contribution is 6.30. The van der Waals surface area contributed by atoms with Crippen molar-refractivity contribution in [3.63, 3.8) is 0 Å². The number of nitrogens with two attached hydrogens (primary N) is 1. The van der Waals surface area contributed by atoms with E-state index in [1.54, 1.807) is 70.3 Å². The molecule has 0 bridgehead atoms. The van der Waals surface area contributed by atoms with Crippen LogP contribution in [0.15, 0.2) is 102 Å². The summed E-state index contributed by atoms with van der Waals surface area (Å²) in [5.74, 6) is 0.366. The molecule has 3 aromatic heterocycles. The second kappa shape index (κ2) is 9.38. The van der Waals surface area contributed by atoms with Gasteiger partial charge in [-0.15, -0.1) is 0 Å². The number of benzene rings is 3. The van der Waals surface area contributed by atoms with Gasteiger partial charge in [-0.25, -0.2) is 9.67 Å². The van der Waals surface area contributed by atoms with Gasteiger partial charge >= 0.3 is 0 Å². The van der Waals surface area contributed by atoms with E-state index in [-0.39, 0.29) is 11.4 Å². The minimum Gasteiger partial charge on any atom is -0.384 e. The Labute approximate surface area is 221 Å². The van der Waals surface area contributed by atoms with E-state index < -0.39 is 0 Å². The van der Waals surface area contributed by atoms with Crippen molar-refractivity contribution in [3.05, 3.63) is 119 Å². The molecule has 184 valence electrons. The zero-order valence-corrected chi connectivity index (χ0v) is 20.5. The van der Waals surface area contributed by atoms with Gasteiger partial charge in [-0.2, -0.15) is 5.10 Å². The third-order valence-electron chi connectivity index (χ3n) is 6.09. The van der Waals surface area contributed by atoms with Gasteiger partial charge in [0.1, 0.15) is 17.0 Å². The minimum atomic E-state index is -0.278. The first-order valence-corrected chi connectivity index (χ1v) is 12.0. The largest absolute Gasteiger partial charge is 0.384 e. The topological polar surface area (TPSA) is 128 Å². The van der Waals surface area contributed by atoms with Crippen LogP contribution in [0.25, 0.3) is 45.1 Å². The van der Waals surface area contributed by atoms with Gasteiger partial charge in [-0.1, -0.05) is 48.0 Å². The zero-order chi connectivity index (χ0) is 26.2. The molecule has 3 heterocycles. The number of aromatic nitrogens is 6. The van der Waals surface area contributed by atoms with Crippen LogP contribution in [-0.2, 0) is 0 Å². The number of nitrogens with one attached hydrogen (secondary N) is 1. The van der Waals surface area contributed by atoms with Gasteiger partial charge in [-0.05, 0) is 36.4 Å². The molecule has 10 heteroatoms. The number of halogens is 1. The van der Waals surface area contributed by atoms with Gasteiger partial charge in [0.25, 0.3) is 5.56 Å². The first-order valence-electron chi connectivity index (χ1n) is 11.6.